The number of carbonyl (C=O) groups excluding carboxylic acids is 1. The molecule has 122 valence electrons. The summed E-state index contributed by atoms with van der Waals surface area (Å²) < 4.78 is 7.33. The number of halogens is 1. The number of nitrogens with zero attached hydrogens (tertiary/aromatic N) is 4. The molecule has 8 heteroatoms. The number of ether oxygens (including phenoxy) is 1. The normalized spacial score (nSPS) is 10.4. The summed E-state index contributed by atoms with van der Waals surface area (Å²) in [6.45, 7) is 1.03. The molecule has 0 radical (unpaired) electrons. The average Bonchev–Trinajstić information content (AvgIpc) is 3.09. The van der Waals surface area contributed by atoms with E-state index in [-0.39, 0.29) is 11.6 Å². The third-order valence-corrected chi connectivity index (χ3v) is 3.33. The number of hydrogen-bond acceptors (Lipinski definition) is 5. The number of nitrogens with one attached hydrogen (secondary N) is 1. The van der Waals surface area contributed by atoms with Crippen molar-refractivity contribution in [2.75, 3.05) is 11.9 Å². The van der Waals surface area contributed by atoms with E-state index in [1.807, 2.05) is 6.07 Å². The van der Waals surface area contributed by atoms with Gasteiger partial charge in [0.15, 0.2) is 0 Å². The minimum atomic E-state index is -0.313. The number of aromatic nitrogens is 4. The van der Waals surface area contributed by atoms with Crippen LogP contribution in [-0.4, -0.2) is 32.3 Å². The van der Waals surface area contributed by atoms with Crippen LogP contribution in [0.3, 0.4) is 0 Å². The second-order valence-corrected chi connectivity index (χ2v) is 5.29. The van der Waals surface area contributed by atoms with Gasteiger partial charge in [-0.25, -0.2) is 14.6 Å². The van der Waals surface area contributed by atoms with Crippen molar-refractivity contribution in [2.24, 2.45) is 0 Å². The molecule has 3 rings (SSSR count). The van der Waals surface area contributed by atoms with Crippen molar-refractivity contribution in [3.8, 4) is 5.75 Å². The SMILES string of the molecule is O=C(Nc1cccc(OCCn2cncn2)c1)c1ccc(Cl)cn1. The molecule has 1 aromatic carbocycles. The largest absolute Gasteiger partial charge is 0.492 e. The minimum absolute atomic E-state index is 0.289. The van der Waals surface area contributed by atoms with Crippen molar-refractivity contribution < 1.29 is 9.53 Å². The van der Waals surface area contributed by atoms with E-state index in [0.717, 1.165) is 0 Å². The van der Waals surface area contributed by atoms with E-state index in [9.17, 15) is 4.79 Å². The number of benzene rings is 1. The second kappa shape index (κ2) is 7.56. The Morgan fingerprint density at radius 3 is 2.96 bits per heavy atom. The predicted octanol–water partition coefficient (Wildman–Crippen LogP) is 2.66. The van der Waals surface area contributed by atoms with E-state index in [2.05, 4.69) is 20.4 Å². The van der Waals surface area contributed by atoms with E-state index >= 15 is 0 Å². The van der Waals surface area contributed by atoms with Crippen LogP contribution in [0.15, 0.2) is 55.2 Å². The topological polar surface area (TPSA) is 81.9 Å². The molecule has 2 aromatic heterocycles. The van der Waals surface area contributed by atoms with E-state index in [1.54, 1.807) is 41.3 Å². The molecule has 0 atom stereocenters. The summed E-state index contributed by atoms with van der Waals surface area (Å²) in [6.07, 6.45) is 4.53. The molecular weight excluding hydrogens is 330 g/mol. The standard InChI is InChI=1S/C16H14ClN5O2/c17-12-4-5-15(19-9-12)16(23)21-13-2-1-3-14(8-13)24-7-6-22-11-18-10-20-22/h1-5,8-11H,6-7H2,(H,21,23). The maximum absolute atomic E-state index is 12.1. The molecule has 0 saturated heterocycles. The lowest BCUT2D eigenvalue weighted by atomic mass is 10.2. The van der Waals surface area contributed by atoms with Crippen LogP contribution in [0.25, 0.3) is 0 Å². The molecule has 0 aliphatic rings. The van der Waals surface area contributed by atoms with Crippen molar-refractivity contribution in [3.63, 3.8) is 0 Å². The number of amides is 1. The lowest BCUT2D eigenvalue weighted by Crippen LogP contribution is -2.13. The fourth-order valence-electron chi connectivity index (χ4n) is 1.97. The molecule has 0 aliphatic heterocycles. The van der Waals surface area contributed by atoms with Crippen LogP contribution in [0.1, 0.15) is 10.5 Å². The third kappa shape index (κ3) is 4.30. The number of hydrogen-bond donors (Lipinski definition) is 1. The van der Waals surface area contributed by atoms with Crippen LogP contribution >= 0.6 is 11.6 Å². The number of anilines is 1. The lowest BCUT2D eigenvalue weighted by Gasteiger charge is -2.09. The predicted molar refractivity (Wildman–Crippen MR) is 89.2 cm³/mol. The van der Waals surface area contributed by atoms with Crippen molar-refractivity contribution >= 4 is 23.2 Å². The van der Waals surface area contributed by atoms with Crippen molar-refractivity contribution in [1.82, 2.24) is 19.7 Å². The molecule has 2 heterocycles. The van der Waals surface area contributed by atoms with Gasteiger partial charge in [-0.15, -0.1) is 0 Å². The van der Waals surface area contributed by atoms with Crippen LogP contribution in [0.2, 0.25) is 5.02 Å². The third-order valence-electron chi connectivity index (χ3n) is 3.11. The monoisotopic (exact) mass is 343 g/mol. The Morgan fingerprint density at radius 2 is 2.21 bits per heavy atom. The number of carbonyl (C=O) groups is 1. The molecule has 3 aromatic rings. The maximum Gasteiger partial charge on any atom is 0.274 e. The van der Waals surface area contributed by atoms with Gasteiger partial charge in [-0.05, 0) is 24.3 Å². The Labute approximate surface area is 143 Å². The van der Waals surface area contributed by atoms with E-state index in [1.165, 1.54) is 12.5 Å². The van der Waals surface area contributed by atoms with Crippen LogP contribution in [0, 0.1) is 0 Å². The molecule has 0 fully saturated rings. The van der Waals surface area contributed by atoms with Crippen LogP contribution < -0.4 is 10.1 Å². The highest BCUT2D eigenvalue weighted by atomic mass is 35.5. The zero-order chi connectivity index (χ0) is 16.8. The Hall–Kier alpha value is -2.93. The molecule has 0 unspecified atom stereocenters. The number of rotatable bonds is 6. The Kier molecular flexibility index (Phi) is 5.02. The van der Waals surface area contributed by atoms with Gasteiger partial charge in [0, 0.05) is 18.0 Å². The highest BCUT2D eigenvalue weighted by Gasteiger charge is 2.08. The smallest absolute Gasteiger partial charge is 0.274 e. The van der Waals surface area contributed by atoms with Crippen LogP contribution in [-0.2, 0) is 6.54 Å². The van der Waals surface area contributed by atoms with E-state index in [4.69, 9.17) is 16.3 Å². The van der Waals surface area contributed by atoms with Gasteiger partial charge in [0.2, 0.25) is 0 Å². The van der Waals surface area contributed by atoms with Gasteiger partial charge in [-0.3, -0.25) is 4.79 Å². The summed E-state index contributed by atoms with van der Waals surface area (Å²) in [6, 6.07) is 10.3. The molecular formula is C16H14ClN5O2. The van der Waals surface area contributed by atoms with Crippen LogP contribution in [0.4, 0.5) is 5.69 Å². The summed E-state index contributed by atoms with van der Waals surface area (Å²) in [5, 5.41) is 7.25. The number of pyridine rings is 1. The van der Waals surface area contributed by atoms with Gasteiger partial charge < -0.3 is 10.1 Å². The van der Waals surface area contributed by atoms with Crippen molar-refractivity contribution in [2.45, 2.75) is 6.54 Å². The average molecular weight is 344 g/mol. The summed E-state index contributed by atoms with van der Waals surface area (Å²) in [5.74, 6) is 0.336. The van der Waals surface area contributed by atoms with Gasteiger partial charge >= 0.3 is 0 Å². The fraction of sp³-hybridized carbons (Fsp3) is 0.125. The summed E-state index contributed by atoms with van der Waals surface area (Å²) in [7, 11) is 0. The summed E-state index contributed by atoms with van der Waals surface area (Å²) in [4.78, 5) is 20.0. The molecule has 7 nitrogen and oxygen atoms in total. The zero-order valence-electron chi connectivity index (χ0n) is 12.6. The molecule has 1 amide bonds. The van der Waals surface area contributed by atoms with E-state index in [0.29, 0.717) is 29.6 Å². The van der Waals surface area contributed by atoms with Gasteiger partial charge in [-0.2, -0.15) is 5.10 Å². The Bertz CT molecular complexity index is 806. The first-order valence-electron chi connectivity index (χ1n) is 7.19. The van der Waals surface area contributed by atoms with E-state index < -0.39 is 0 Å². The summed E-state index contributed by atoms with van der Waals surface area (Å²) >= 11 is 5.76. The quantitative estimate of drug-likeness (QED) is 0.744. The molecule has 0 aliphatic carbocycles. The highest BCUT2D eigenvalue weighted by molar-refractivity contribution is 6.30. The van der Waals surface area contributed by atoms with Crippen molar-refractivity contribution in [1.29, 1.82) is 0 Å². The molecule has 0 saturated carbocycles. The van der Waals surface area contributed by atoms with Gasteiger partial charge in [0.1, 0.15) is 30.7 Å². The second-order valence-electron chi connectivity index (χ2n) is 4.85. The zero-order valence-corrected chi connectivity index (χ0v) is 13.3. The van der Waals surface area contributed by atoms with Gasteiger partial charge in [0.05, 0.1) is 11.6 Å². The molecule has 0 bridgehead atoms. The first-order valence-corrected chi connectivity index (χ1v) is 7.57. The fourth-order valence-corrected chi connectivity index (χ4v) is 2.09. The molecule has 24 heavy (non-hydrogen) atoms. The van der Waals surface area contributed by atoms with Gasteiger partial charge in [-0.1, -0.05) is 17.7 Å². The molecule has 0 spiro atoms. The van der Waals surface area contributed by atoms with Crippen molar-refractivity contribution in [3.05, 3.63) is 66.0 Å². The highest BCUT2D eigenvalue weighted by Crippen LogP contribution is 2.18. The van der Waals surface area contributed by atoms with Gasteiger partial charge in [0.25, 0.3) is 5.91 Å². The first kappa shape index (κ1) is 15.9. The Balaban J connectivity index is 1.58. The van der Waals surface area contributed by atoms with Crippen LogP contribution in [0.5, 0.6) is 5.75 Å². The summed E-state index contributed by atoms with van der Waals surface area (Å²) in [5.41, 5.74) is 0.909. The lowest BCUT2D eigenvalue weighted by molar-refractivity contribution is 0.102. The molecule has 1 N–H and O–H groups in total. The maximum atomic E-state index is 12.1. The Morgan fingerprint density at radius 1 is 1.29 bits per heavy atom. The minimum Gasteiger partial charge on any atom is -0.492 e. The first-order chi connectivity index (χ1) is 11.7.